The number of nitrogens with two attached hydrogens (primary N) is 1. The first-order chi connectivity index (χ1) is 9.70. The lowest BCUT2D eigenvalue weighted by molar-refractivity contribution is 0.873. The first kappa shape index (κ1) is 15.1. The van der Waals surface area contributed by atoms with Crippen molar-refractivity contribution in [1.82, 2.24) is 0 Å². The number of halogens is 1. The second-order valence-electron chi connectivity index (χ2n) is 4.98. The molecule has 0 aromatic heterocycles. The van der Waals surface area contributed by atoms with Crippen molar-refractivity contribution in [2.45, 2.75) is 12.8 Å². The Kier molecular flexibility index (Phi) is 5.62. The largest absolute Gasteiger partial charge is 0.373 e. The summed E-state index contributed by atoms with van der Waals surface area (Å²) in [5.41, 5.74) is 9.47. The van der Waals surface area contributed by atoms with Gasteiger partial charge in [0.1, 0.15) is 0 Å². The minimum absolute atomic E-state index is 0.690. The Morgan fingerprint density at radius 2 is 1.75 bits per heavy atom. The normalized spacial score (nSPS) is 10.6. The van der Waals surface area contributed by atoms with E-state index in [4.69, 9.17) is 5.73 Å². The molecule has 2 aromatic carbocycles. The van der Waals surface area contributed by atoms with Gasteiger partial charge in [-0.2, -0.15) is 0 Å². The summed E-state index contributed by atoms with van der Waals surface area (Å²) < 4.78 is 1.14. The van der Waals surface area contributed by atoms with Crippen LogP contribution >= 0.6 is 15.9 Å². The van der Waals surface area contributed by atoms with Crippen molar-refractivity contribution in [1.29, 1.82) is 0 Å². The fourth-order valence-corrected chi connectivity index (χ4v) is 2.97. The maximum Gasteiger partial charge on any atom is 0.0508 e. The van der Waals surface area contributed by atoms with Crippen LogP contribution < -0.4 is 10.6 Å². The Labute approximate surface area is 129 Å². The summed E-state index contributed by atoms with van der Waals surface area (Å²) in [5, 5.41) is 0. The van der Waals surface area contributed by atoms with Crippen molar-refractivity contribution in [3.8, 4) is 0 Å². The van der Waals surface area contributed by atoms with Crippen LogP contribution in [0.3, 0.4) is 0 Å². The fraction of sp³-hybridized carbons (Fsp3) is 0.294. The van der Waals surface area contributed by atoms with Crippen LogP contribution in [0, 0.1) is 0 Å². The van der Waals surface area contributed by atoms with Gasteiger partial charge in [0, 0.05) is 18.1 Å². The minimum Gasteiger partial charge on any atom is -0.373 e. The molecule has 0 fully saturated rings. The first-order valence-corrected chi connectivity index (χ1v) is 7.73. The average Bonchev–Trinajstić information content (AvgIpc) is 2.46. The van der Waals surface area contributed by atoms with Gasteiger partial charge >= 0.3 is 0 Å². The van der Waals surface area contributed by atoms with Gasteiger partial charge in [-0.25, -0.2) is 0 Å². The predicted molar refractivity (Wildman–Crippen MR) is 90.3 cm³/mol. The smallest absolute Gasteiger partial charge is 0.0508 e. The predicted octanol–water partition coefficient (Wildman–Crippen LogP) is 3.63. The molecule has 106 valence electrons. The molecule has 0 spiro atoms. The molecule has 0 heterocycles. The molecule has 2 rings (SSSR count). The van der Waals surface area contributed by atoms with Crippen molar-refractivity contribution in [3.05, 3.63) is 64.1 Å². The Morgan fingerprint density at radius 1 is 1.00 bits per heavy atom. The molecule has 20 heavy (non-hydrogen) atoms. The molecule has 0 atom stereocenters. The lowest BCUT2D eigenvalue weighted by atomic mass is 10.1. The summed E-state index contributed by atoms with van der Waals surface area (Å²) >= 11 is 3.66. The molecule has 0 aliphatic rings. The number of hydrogen-bond acceptors (Lipinski definition) is 2. The monoisotopic (exact) mass is 332 g/mol. The van der Waals surface area contributed by atoms with Crippen LogP contribution in [0.1, 0.15) is 11.1 Å². The van der Waals surface area contributed by atoms with Gasteiger partial charge in [-0.3, -0.25) is 0 Å². The zero-order chi connectivity index (χ0) is 14.4. The maximum atomic E-state index is 5.59. The van der Waals surface area contributed by atoms with E-state index in [0.29, 0.717) is 6.54 Å². The topological polar surface area (TPSA) is 29.3 Å². The van der Waals surface area contributed by atoms with Crippen molar-refractivity contribution in [2.75, 3.05) is 25.0 Å². The third-order valence-electron chi connectivity index (χ3n) is 3.44. The number of rotatable bonds is 6. The fourth-order valence-electron chi connectivity index (χ4n) is 2.24. The molecule has 2 aromatic rings. The molecule has 0 saturated heterocycles. The second kappa shape index (κ2) is 7.46. The van der Waals surface area contributed by atoms with Crippen molar-refractivity contribution in [2.24, 2.45) is 5.73 Å². The van der Waals surface area contributed by atoms with E-state index in [1.54, 1.807) is 0 Å². The summed E-state index contributed by atoms with van der Waals surface area (Å²) in [7, 11) is 2.13. The van der Waals surface area contributed by atoms with Crippen molar-refractivity contribution < 1.29 is 0 Å². The standard InChI is InChI=1S/C17H21BrN2/c1-20(12-10-14-5-3-2-4-6-14)17-8-7-15(9-11-19)13-16(17)18/h2-8,13H,9-12,19H2,1H3. The molecule has 0 aliphatic carbocycles. The van der Waals surface area contributed by atoms with Crippen molar-refractivity contribution >= 4 is 21.6 Å². The van der Waals surface area contributed by atoms with E-state index >= 15 is 0 Å². The van der Waals surface area contributed by atoms with Gasteiger partial charge in [-0.05, 0) is 58.6 Å². The molecule has 0 amide bonds. The van der Waals surface area contributed by atoms with Crippen LogP contribution in [0.25, 0.3) is 0 Å². The Hall–Kier alpha value is -1.32. The Bertz CT molecular complexity index is 540. The third kappa shape index (κ3) is 4.09. The Morgan fingerprint density at radius 3 is 2.40 bits per heavy atom. The molecule has 2 nitrogen and oxygen atoms in total. The van der Waals surface area contributed by atoms with E-state index in [1.165, 1.54) is 16.8 Å². The van der Waals surface area contributed by atoms with Gasteiger partial charge in [-0.1, -0.05) is 36.4 Å². The highest BCUT2D eigenvalue weighted by atomic mass is 79.9. The number of likely N-dealkylation sites (N-methyl/N-ethyl adjacent to an activating group) is 1. The number of hydrogen-bond donors (Lipinski definition) is 1. The number of nitrogens with zero attached hydrogens (tertiary/aromatic N) is 1. The first-order valence-electron chi connectivity index (χ1n) is 6.94. The minimum atomic E-state index is 0.690. The highest BCUT2D eigenvalue weighted by Crippen LogP contribution is 2.26. The summed E-state index contributed by atoms with van der Waals surface area (Å²) in [6, 6.07) is 17.1. The van der Waals surface area contributed by atoms with E-state index in [1.807, 2.05) is 0 Å². The summed E-state index contributed by atoms with van der Waals surface area (Å²) in [5.74, 6) is 0. The van der Waals surface area contributed by atoms with Gasteiger partial charge in [-0.15, -0.1) is 0 Å². The SMILES string of the molecule is CN(CCc1ccccc1)c1ccc(CCN)cc1Br. The molecular formula is C17H21BrN2. The van der Waals surface area contributed by atoms with E-state index in [0.717, 1.165) is 23.9 Å². The lowest BCUT2D eigenvalue weighted by Gasteiger charge is -2.21. The molecular weight excluding hydrogens is 312 g/mol. The zero-order valence-corrected chi connectivity index (χ0v) is 13.4. The second-order valence-corrected chi connectivity index (χ2v) is 5.84. The quantitative estimate of drug-likeness (QED) is 0.875. The zero-order valence-electron chi connectivity index (χ0n) is 11.8. The lowest BCUT2D eigenvalue weighted by Crippen LogP contribution is -2.20. The van der Waals surface area contributed by atoms with Crippen LogP contribution in [-0.2, 0) is 12.8 Å². The number of anilines is 1. The summed E-state index contributed by atoms with van der Waals surface area (Å²) in [6.45, 7) is 1.69. The van der Waals surface area contributed by atoms with E-state index < -0.39 is 0 Å². The van der Waals surface area contributed by atoms with E-state index in [9.17, 15) is 0 Å². The van der Waals surface area contributed by atoms with Gasteiger partial charge in [0.05, 0.1) is 5.69 Å². The van der Waals surface area contributed by atoms with Crippen LogP contribution in [0.15, 0.2) is 53.0 Å². The summed E-state index contributed by atoms with van der Waals surface area (Å²) in [4.78, 5) is 2.28. The van der Waals surface area contributed by atoms with Crippen molar-refractivity contribution in [3.63, 3.8) is 0 Å². The maximum absolute atomic E-state index is 5.59. The van der Waals surface area contributed by atoms with Crippen LogP contribution in [0.4, 0.5) is 5.69 Å². The molecule has 0 bridgehead atoms. The van der Waals surface area contributed by atoms with Gasteiger partial charge in [0.25, 0.3) is 0 Å². The van der Waals surface area contributed by atoms with Gasteiger partial charge in [0.15, 0.2) is 0 Å². The number of benzene rings is 2. The highest BCUT2D eigenvalue weighted by Gasteiger charge is 2.06. The van der Waals surface area contributed by atoms with Gasteiger partial charge < -0.3 is 10.6 Å². The molecule has 0 unspecified atom stereocenters. The van der Waals surface area contributed by atoms with Crippen LogP contribution in [-0.4, -0.2) is 20.1 Å². The summed E-state index contributed by atoms with van der Waals surface area (Å²) in [6.07, 6.45) is 1.97. The molecule has 3 heteroatoms. The van der Waals surface area contributed by atoms with Crippen LogP contribution in [0.2, 0.25) is 0 Å². The van der Waals surface area contributed by atoms with Gasteiger partial charge in [0.2, 0.25) is 0 Å². The third-order valence-corrected chi connectivity index (χ3v) is 4.07. The molecule has 0 saturated carbocycles. The Balaban J connectivity index is 2.00. The van der Waals surface area contributed by atoms with Crippen LogP contribution in [0.5, 0.6) is 0 Å². The highest BCUT2D eigenvalue weighted by molar-refractivity contribution is 9.10. The average molecular weight is 333 g/mol. The molecule has 0 radical (unpaired) electrons. The molecule has 0 aliphatic heterocycles. The van der Waals surface area contributed by atoms with E-state index in [2.05, 4.69) is 76.4 Å². The van der Waals surface area contributed by atoms with E-state index in [-0.39, 0.29) is 0 Å². The molecule has 2 N–H and O–H groups in total.